The molecule has 0 bridgehead atoms. The quantitative estimate of drug-likeness (QED) is 0.473. The minimum Gasteiger partial charge on any atom is -0.264 e. The summed E-state index contributed by atoms with van der Waals surface area (Å²) in [6.07, 6.45) is 5.15. The zero-order valence-corrected chi connectivity index (χ0v) is 10.5. The van der Waals surface area contributed by atoms with Crippen LogP contribution in [-0.4, -0.2) is 21.2 Å². The van der Waals surface area contributed by atoms with Crippen molar-refractivity contribution in [2.45, 2.75) is 5.16 Å². The lowest BCUT2D eigenvalue weighted by Gasteiger charge is -2.05. The first-order chi connectivity index (χ1) is 8.26. The van der Waals surface area contributed by atoms with Crippen molar-refractivity contribution in [1.29, 1.82) is 5.26 Å². The van der Waals surface area contributed by atoms with Crippen molar-refractivity contribution in [3.05, 3.63) is 35.2 Å². The molecule has 0 N–H and O–H groups in total. The normalized spacial score (nSPS) is 9.94. The van der Waals surface area contributed by atoms with Crippen LogP contribution in [0.3, 0.4) is 0 Å². The predicted octanol–water partition coefficient (Wildman–Crippen LogP) is 2.79. The fourth-order valence-electron chi connectivity index (χ4n) is 1.32. The second kappa shape index (κ2) is 5.13. The van der Waals surface area contributed by atoms with Crippen LogP contribution in [0.2, 0.25) is 5.15 Å². The average Bonchev–Trinajstić information content (AvgIpc) is 2.38. The molecule has 0 radical (unpaired) electrons. The lowest BCUT2D eigenvalue weighted by molar-refractivity contribution is 0.969. The molecule has 0 saturated carbocycles. The Kier molecular flexibility index (Phi) is 3.57. The Morgan fingerprint density at radius 2 is 2.24 bits per heavy atom. The van der Waals surface area contributed by atoms with Crippen molar-refractivity contribution >= 4 is 23.4 Å². The van der Waals surface area contributed by atoms with E-state index in [4.69, 9.17) is 16.9 Å². The summed E-state index contributed by atoms with van der Waals surface area (Å²) in [7, 11) is 0. The van der Waals surface area contributed by atoms with Gasteiger partial charge in [0.15, 0.2) is 10.3 Å². The topological polar surface area (TPSA) is 62.5 Å². The van der Waals surface area contributed by atoms with Gasteiger partial charge < -0.3 is 0 Å². The first-order valence-electron chi connectivity index (χ1n) is 4.68. The van der Waals surface area contributed by atoms with Gasteiger partial charge in [0.1, 0.15) is 11.6 Å². The molecule has 0 atom stereocenters. The van der Waals surface area contributed by atoms with E-state index >= 15 is 0 Å². The van der Waals surface area contributed by atoms with Crippen molar-refractivity contribution < 1.29 is 0 Å². The summed E-state index contributed by atoms with van der Waals surface area (Å²) in [5, 5.41) is 9.79. The van der Waals surface area contributed by atoms with Crippen LogP contribution < -0.4 is 0 Å². The van der Waals surface area contributed by atoms with E-state index in [9.17, 15) is 0 Å². The number of hydrogen-bond acceptors (Lipinski definition) is 5. The number of hydrogen-bond donors (Lipinski definition) is 0. The van der Waals surface area contributed by atoms with Crippen LogP contribution in [-0.2, 0) is 0 Å². The summed E-state index contributed by atoms with van der Waals surface area (Å²) >= 11 is 7.33. The first-order valence-corrected chi connectivity index (χ1v) is 6.28. The van der Waals surface area contributed by atoms with Gasteiger partial charge in [-0.3, -0.25) is 4.98 Å². The van der Waals surface area contributed by atoms with Crippen molar-refractivity contribution in [1.82, 2.24) is 15.0 Å². The van der Waals surface area contributed by atoms with Crippen LogP contribution in [0.5, 0.6) is 0 Å². The number of rotatable bonds is 2. The van der Waals surface area contributed by atoms with Crippen molar-refractivity contribution in [3.8, 4) is 17.3 Å². The molecule has 0 amide bonds. The SMILES string of the molecule is CSc1nc(Cl)c(C#N)c(-c2cccnc2)n1. The number of halogens is 1. The molecule has 6 heteroatoms. The number of pyridine rings is 1. The third kappa shape index (κ3) is 2.38. The van der Waals surface area contributed by atoms with E-state index in [0.29, 0.717) is 10.9 Å². The molecule has 0 saturated heterocycles. The van der Waals surface area contributed by atoms with E-state index < -0.39 is 0 Å². The van der Waals surface area contributed by atoms with Crippen molar-refractivity contribution in [3.63, 3.8) is 0 Å². The van der Waals surface area contributed by atoms with Gasteiger partial charge in [0, 0.05) is 18.0 Å². The molecular formula is C11H7ClN4S. The monoisotopic (exact) mass is 262 g/mol. The average molecular weight is 263 g/mol. The van der Waals surface area contributed by atoms with Gasteiger partial charge in [-0.2, -0.15) is 5.26 Å². The van der Waals surface area contributed by atoms with Crippen LogP contribution in [0.4, 0.5) is 0 Å². The highest BCUT2D eigenvalue weighted by Gasteiger charge is 2.14. The number of nitriles is 1. The molecular weight excluding hydrogens is 256 g/mol. The zero-order valence-electron chi connectivity index (χ0n) is 8.88. The number of aromatic nitrogens is 3. The van der Waals surface area contributed by atoms with Crippen LogP contribution in [0.15, 0.2) is 29.7 Å². The molecule has 0 aliphatic carbocycles. The maximum absolute atomic E-state index is 9.08. The van der Waals surface area contributed by atoms with Gasteiger partial charge in [-0.05, 0) is 18.4 Å². The number of nitrogens with zero attached hydrogens (tertiary/aromatic N) is 4. The Labute approximate surface area is 108 Å². The molecule has 0 aliphatic rings. The highest BCUT2D eigenvalue weighted by Crippen LogP contribution is 2.27. The smallest absolute Gasteiger partial charge is 0.189 e. The van der Waals surface area contributed by atoms with Gasteiger partial charge in [-0.1, -0.05) is 23.4 Å². The first kappa shape index (κ1) is 11.8. The molecule has 4 nitrogen and oxygen atoms in total. The van der Waals surface area contributed by atoms with Gasteiger partial charge in [-0.25, -0.2) is 9.97 Å². The molecule has 0 spiro atoms. The molecule has 17 heavy (non-hydrogen) atoms. The van der Waals surface area contributed by atoms with Crippen LogP contribution in [0.25, 0.3) is 11.3 Å². The molecule has 2 heterocycles. The van der Waals surface area contributed by atoms with Gasteiger partial charge in [-0.15, -0.1) is 0 Å². The summed E-state index contributed by atoms with van der Waals surface area (Å²) in [5.41, 5.74) is 1.55. The van der Waals surface area contributed by atoms with Gasteiger partial charge in [0.25, 0.3) is 0 Å². The molecule has 84 valence electrons. The van der Waals surface area contributed by atoms with Crippen LogP contribution >= 0.6 is 23.4 Å². The highest BCUT2D eigenvalue weighted by atomic mass is 35.5. The largest absolute Gasteiger partial charge is 0.264 e. The fourth-order valence-corrected chi connectivity index (χ4v) is 1.94. The Morgan fingerprint density at radius 1 is 1.41 bits per heavy atom. The van der Waals surface area contributed by atoms with Crippen LogP contribution in [0.1, 0.15) is 5.56 Å². The Morgan fingerprint density at radius 3 is 2.82 bits per heavy atom. The third-order valence-corrected chi connectivity index (χ3v) is 2.89. The van der Waals surface area contributed by atoms with Gasteiger partial charge in [0.2, 0.25) is 0 Å². The Hall–Kier alpha value is -1.64. The van der Waals surface area contributed by atoms with Crippen molar-refractivity contribution in [2.75, 3.05) is 6.26 Å². The summed E-state index contributed by atoms with van der Waals surface area (Å²) in [5.74, 6) is 0. The summed E-state index contributed by atoms with van der Waals surface area (Å²) in [6, 6.07) is 5.63. The molecule has 2 aromatic rings. The van der Waals surface area contributed by atoms with Crippen LogP contribution in [0, 0.1) is 11.3 Å². The Balaban J connectivity index is 2.68. The second-order valence-electron chi connectivity index (χ2n) is 3.08. The van der Waals surface area contributed by atoms with E-state index in [1.54, 1.807) is 18.5 Å². The third-order valence-electron chi connectivity index (χ3n) is 2.07. The van der Waals surface area contributed by atoms with Gasteiger partial charge >= 0.3 is 0 Å². The fraction of sp³-hybridized carbons (Fsp3) is 0.0909. The van der Waals surface area contributed by atoms with E-state index in [1.165, 1.54) is 11.8 Å². The summed E-state index contributed by atoms with van der Waals surface area (Å²) in [4.78, 5) is 12.3. The van der Waals surface area contributed by atoms with E-state index in [-0.39, 0.29) is 10.7 Å². The number of thioether (sulfide) groups is 1. The predicted molar refractivity (Wildman–Crippen MR) is 66.8 cm³/mol. The molecule has 2 aromatic heterocycles. The van der Waals surface area contributed by atoms with E-state index in [1.807, 2.05) is 18.4 Å². The lowest BCUT2D eigenvalue weighted by atomic mass is 10.1. The second-order valence-corrected chi connectivity index (χ2v) is 4.21. The standard InChI is InChI=1S/C11H7ClN4S/c1-17-11-15-9(7-3-2-4-14-6-7)8(5-13)10(12)16-11/h2-4,6H,1H3. The minimum absolute atomic E-state index is 0.172. The molecule has 2 rings (SSSR count). The maximum atomic E-state index is 9.08. The lowest BCUT2D eigenvalue weighted by Crippen LogP contribution is -1.96. The maximum Gasteiger partial charge on any atom is 0.189 e. The molecule has 0 fully saturated rings. The molecule has 0 unspecified atom stereocenters. The molecule has 0 aliphatic heterocycles. The van der Waals surface area contributed by atoms with E-state index in [0.717, 1.165) is 5.56 Å². The summed E-state index contributed by atoms with van der Waals surface area (Å²) < 4.78 is 0. The Bertz CT molecular complexity index is 580. The van der Waals surface area contributed by atoms with E-state index in [2.05, 4.69) is 15.0 Å². The zero-order chi connectivity index (χ0) is 12.3. The van der Waals surface area contributed by atoms with Gasteiger partial charge in [0.05, 0.1) is 5.69 Å². The highest BCUT2D eigenvalue weighted by molar-refractivity contribution is 7.98. The van der Waals surface area contributed by atoms with Crippen molar-refractivity contribution in [2.24, 2.45) is 0 Å². The molecule has 0 aromatic carbocycles. The minimum atomic E-state index is 0.172. The summed E-state index contributed by atoms with van der Waals surface area (Å²) in [6.45, 7) is 0.